The number of nitrogens with two attached hydrogens (primary N) is 1. The number of aromatic nitrogens is 2. The maximum absolute atomic E-state index is 13.6. The van der Waals surface area contributed by atoms with E-state index in [1.807, 2.05) is 30.3 Å². The normalized spacial score (nSPS) is 11.2. The van der Waals surface area contributed by atoms with Gasteiger partial charge in [0.2, 0.25) is 0 Å². The van der Waals surface area contributed by atoms with Gasteiger partial charge >= 0.3 is 0 Å². The average Bonchev–Trinajstić information content (AvgIpc) is 3.32. The first-order valence-electron chi connectivity index (χ1n) is 9.90. The largest absolute Gasteiger partial charge is 0.366 e. The molecule has 3 aromatic heterocycles. The second-order valence-corrected chi connectivity index (χ2v) is 9.33. The van der Waals surface area contributed by atoms with Crippen LogP contribution >= 0.6 is 34.5 Å². The quantitative estimate of drug-likeness (QED) is 0.311. The predicted octanol–water partition coefficient (Wildman–Crippen LogP) is 6.21. The van der Waals surface area contributed by atoms with Gasteiger partial charge < -0.3 is 11.1 Å². The maximum atomic E-state index is 13.6. The van der Waals surface area contributed by atoms with Gasteiger partial charge in [-0.3, -0.25) is 14.2 Å². The van der Waals surface area contributed by atoms with E-state index in [4.69, 9.17) is 28.9 Å². The number of pyridine rings is 1. The number of hydrogen-bond donors (Lipinski definition) is 2. The molecule has 0 atom stereocenters. The number of hydrogen-bond acceptors (Lipinski definition) is 4. The second kappa shape index (κ2) is 8.19. The monoisotopic (exact) mass is 494 g/mol. The minimum absolute atomic E-state index is 0.134. The van der Waals surface area contributed by atoms with Crippen molar-refractivity contribution in [1.29, 1.82) is 0 Å². The zero-order valence-electron chi connectivity index (χ0n) is 17.2. The molecule has 5 rings (SSSR count). The fraction of sp³-hybridized carbons (Fsp3) is 0.0417. The van der Waals surface area contributed by atoms with E-state index in [1.165, 1.54) is 6.07 Å². The highest BCUT2D eigenvalue weighted by Crippen LogP contribution is 2.39. The summed E-state index contributed by atoms with van der Waals surface area (Å²) in [7, 11) is 0. The molecule has 0 bridgehead atoms. The standard InChI is InChI=1S/C24H16Cl2N4O2S/c1-12-9-13(25)10-16(21(27)31)20(12)29-23(32)18-11-15-14-5-2-3-7-19(14)33-24(15)30(18)22-17(26)6-4-8-28-22/h2-11H,1H3,(H2,27,31)(H,29,32). The van der Waals surface area contributed by atoms with Crippen LogP contribution in [-0.4, -0.2) is 21.4 Å². The van der Waals surface area contributed by atoms with Crippen LogP contribution < -0.4 is 11.1 Å². The highest BCUT2D eigenvalue weighted by molar-refractivity contribution is 7.25. The summed E-state index contributed by atoms with van der Waals surface area (Å²) in [5, 5.41) is 5.54. The Kier molecular flexibility index (Phi) is 5.32. The molecule has 3 heterocycles. The molecule has 2 aromatic carbocycles. The fourth-order valence-corrected chi connectivity index (χ4v) is 5.55. The van der Waals surface area contributed by atoms with Gasteiger partial charge in [-0.1, -0.05) is 41.4 Å². The van der Waals surface area contributed by atoms with Crippen LogP contribution in [0.15, 0.2) is 60.8 Å². The van der Waals surface area contributed by atoms with Crippen LogP contribution in [0.1, 0.15) is 26.4 Å². The molecule has 2 amide bonds. The number of benzene rings is 2. The van der Waals surface area contributed by atoms with Crippen LogP contribution in [0.5, 0.6) is 0 Å². The summed E-state index contributed by atoms with van der Waals surface area (Å²) in [4.78, 5) is 30.8. The Morgan fingerprint density at radius 1 is 1.06 bits per heavy atom. The number of fused-ring (bicyclic) bond motifs is 3. The van der Waals surface area contributed by atoms with Crippen molar-refractivity contribution in [3.8, 4) is 5.82 Å². The van der Waals surface area contributed by atoms with Crippen molar-refractivity contribution in [1.82, 2.24) is 9.55 Å². The van der Waals surface area contributed by atoms with E-state index in [0.29, 0.717) is 32.8 Å². The van der Waals surface area contributed by atoms with Gasteiger partial charge in [-0.2, -0.15) is 0 Å². The lowest BCUT2D eigenvalue weighted by Gasteiger charge is -2.14. The lowest BCUT2D eigenvalue weighted by molar-refractivity contribution is 0.100. The third kappa shape index (κ3) is 3.64. The van der Waals surface area contributed by atoms with Crippen LogP contribution in [0.25, 0.3) is 26.1 Å². The van der Waals surface area contributed by atoms with E-state index in [9.17, 15) is 9.59 Å². The van der Waals surface area contributed by atoms with Crippen molar-refractivity contribution in [3.63, 3.8) is 0 Å². The first kappa shape index (κ1) is 21.5. The molecule has 0 saturated heterocycles. The third-order valence-corrected chi connectivity index (χ3v) is 7.01. The maximum Gasteiger partial charge on any atom is 0.272 e. The molecular formula is C24H16Cl2N4O2S. The Hall–Kier alpha value is -3.39. The van der Waals surface area contributed by atoms with Crippen LogP contribution in [0.4, 0.5) is 5.69 Å². The van der Waals surface area contributed by atoms with Gasteiger partial charge in [-0.15, -0.1) is 11.3 Å². The summed E-state index contributed by atoms with van der Waals surface area (Å²) in [5.41, 5.74) is 6.92. The van der Waals surface area contributed by atoms with Crippen molar-refractivity contribution in [2.45, 2.75) is 6.92 Å². The van der Waals surface area contributed by atoms with Gasteiger partial charge in [0.25, 0.3) is 11.8 Å². The molecule has 0 radical (unpaired) electrons. The first-order chi connectivity index (χ1) is 15.8. The van der Waals surface area contributed by atoms with E-state index >= 15 is 0 Å². The van der Waals surface area contributed by atoms with Crippen molar-refractivity contribution in [2.75, 3.05) is 5.32 Å². The lowest BCUT2D eigenvalue weighted by atomic mass is 10.1. The van der Waals surface area contributed by atoms with E-state index in [0.717, 1.165) is 20.3 Å². The number of aryl methyl sites for hydroxylation is 1. The van der Waals surface area contributed by atoms with Crippen molar-refractivity contribution in [3.05, 3.63) is 87.7 Å². The number of primary amides is 1. The molecule has 6 nitrogen and oxygen atoms in total. The molecule has 0 saturated carbocycles. The molecule has 0 spiro atoms. The minimum atomic E-state index is -0.689. The molecule has 0 aliphatic rings. The molecule has 164 valence electrons. The molecule has 0 aliphatic heterocycles. The van der Waals surface area contributed by atoms with Gasteiger partial charge in [0.15, 0.2) is 5.82 Å². The number of anilines is 1. The smallest absolute Gasteiger partial charge is 0.272 e. The Balaban J connectivity index is 1.72. The summed E-state index contributed by atoms with van der Waals surface area (Å²) in [6.45, 7) is 1.74. The molecule has 33 heavy (non-hydrogen) atoms. The third-order valence-electron chi connectivity index (χ3n) is 5.33. The predicted molar refractivity (Wildman–Crippen MR) is 134 cm³/mol. The van der Waals surface area contributed by atoms with Crippen LogP contribution in [-0.2, 0) is 0 Å². The van der Waals surface area contributed by atoms with Crippen LogP contribution in [0.3, 0.4) is 0 Å². The second-order valence-electron chi connectivity index (χ2n) is 7.45. The van der Waals surface area contributed by atoms with E-state index in [2.05, 4.69) is 10.3 Å². The highest BCUT2D eigenvalue weighted by atomic mass is 35.5. The lowest BCUT2D eigenvalue weighted by Crippen LogP contribution is -2.21. The van der Waals surface area contributed by atoms with Crippen LogP contribution in [0.2, 0.25) is 10.0 Å². The molecule has 0 fully saturated rings. The topological polar surface area (TPSA) is 90.0 Å². The summed E-state index contributed by atoms with van der Waals surface area (Å²) in [6.07, 6.45) is 1.62. The van der Waals surface area contributed by atoms with Crippen molar-refractivity contribution >= 4 is 72.3 Å². The summed E-state index contributed by atoms with van der Waals surface area (Å²) < 4.78 is 2.83. The zero-order valence-corrected chi connectivity index (χ0v) is 19.6. The number of nitrogens with one attached hydrogen (secondary N) is 1. The van der Waals surface area contributed by atoms with Gasteiger partial charge in [0.05, 0.1) is 16.3 Å². The van der Waals surface area contributed by atoms with Crippen molar-refractivity contribution in [2.24, 2.45) is 5.73 Å². The first-order valence-corrected chi connectivity index (χ1v) is 11.5. The number of halogens is 2. The Bertz CT molecular complexity index is 1590. The summed E-state index contributed by atoms with van der Waals surface area (Å²) in [6, 6.07) is 16.3. The number of thiophene rings is 1. The highest BCUT2D eigenvalue weighted by Gasteiger charge is 2.24. The SMILES string of the molecule is Cc1cc(Cl)cc(C(N)=O)c1NC(=O)c1cc2c3ccccc3sc2n1-c1ncccc1Cl. The average molecular weight is 495 g/mol. The molecule has 9 heteroatoms. The van der Waals surface area contributed by atoms with Gasteiger partial charge in [0, 0.05) is 26.7 Å². The molecule has 0 aliphatic carbocycles. The fourth-order valence-electron chi connectivity index (χ4n) is 3.87. The minimum Gasteiger partial charge on any atom is -0.366 e. The Morgan fingerprint density at radius 2 is 1.85 bits per heavy atom. The number of amides is 2. The molecule has 3 N–H and O–H groups in total. The van der Waals surface area contributed by atoms with Gasteiger partial charge in [-0.25, -0.2) is 4.98 Å². The Labute approximate surface area is 202 Å². The van der Waals surface area contributed by atoms with Crippen molar-refractivity contribution < 1.29 is 9.59 Å². The van der Waals surface area contributed by atoms with Gasteiger partial charge in [0.1, 0.15) is 10.5 Å². The summed E-state index contributed by atoms with van der Waals surface area (Å²) in [5.74, 6) is -0.683. The van der Waals surface area contributed by atoms with Crippen LogP contribution in [0, 0.1) is 6.92 Å². The number of carbonyl (C=O) groups excluding carboxylic acids is 2. The number of carbonyl (C=O) groups is 2. The molecular weight excluding hydrogens is 479 g/mol. The summed E-state index contributed by atoms with van der Waals surface area (Å²) >= 11 is 14.1. The van der Waals surface area contributed by atoms with E-state index in [1.54, 1.807) is 47.2 Å². The van der Waals surface area contributed by atoms with Gasteiger partial charge in [-0.05, 0) is 48.9 Å². The number of nitrogens with zero attached hydrogens (tertiary/aromatic N) is 2. The molecule has 0 unspecified atom stereocenters. The number of rotatable bonds is 4. The van der Waals surface area contributed by atoms with E-state index < -0.39 is 11.8 Å². The zero-order chi connectivity index (χ0) is 23.3. The Morgan fingerprint density at radius 3 is 2.61 bits per heavy atom. The van der Waals surface area contributed by atoms with E-state index in [-0.39, 0.29) is 5.56 Å². The molecule has 5 aromatic rings.